The van der Waals surface area contributed by atoms with Crippen molar-refractivity contribution in [1.82, 2.24) is 4.72 Å². The predicted molar refractivity (Wildman–Crippen MR) is 95.9 cm³/mol. The van der Waals surface area contributed by atoms with Crippen LogP contribution in [-0.2, 0) is 10.0 Å². The molecule has 0 saturated heterocycles. The lowest BCUT2D eigenvalue weighted by Gasteiger charge is -2.12. The summed E-state index contributed by atoms with van der Waals surface area (Å²) in [6.07, 6.45) is 4.51. The third-order valence-electron chi connectivity index (χ3n) is 3.90. The van der Waals surface area contributed by atoms with Crippen LogP contribution in [-0.4, -0.2) is 14.5 Å². The van der Waals surface area contributed by atoms with Crippen molar-refractivity contribution in [2.45, 2.75) is 24.3 Å². The van der Waals surface area contributed by atoms with E-state index in [2.05, 4.69) is 16.6 Å². The molecule has 0 bridgehead atoms. The zero-order chi connectivity index (χ0) is 17.0. The summed E-state index contributed by atoms with van der Waals surface area (Å²) < 4.78 is 27.5. The van der Waals surface area contributed by atoms with Gasteiger partial charge in [-0.15, -0.1) is 0 Å². The lowest BCUT2D eigenvalue weighted by molar-refractivity contribution is 0.562. The fraction of sp³-hybridized carbons (Fsp3) is 0.200. The van der Waals surface area contributed by atoms with Crippen LogP contribution in [0.15, 0.2) is 71.6 Å². The van der Waals surface area contributed by atoms with Gasteiger partial charge in [0.05, 0.1) is 4.90 Å². The maximum atomic E-state index is 12.4. The molecule has 4 heteroatoms. The summed E-state index contributed by atoms with van der Waals surface area (Å²) >= 11 is 0. The van der Waals surface area contributed by atoms with E-state index in [1.54, 1.807) is 24.3 Å². The van der Waals surface area contributed by atoms with E-state index in [4.69, 9.17) is 0 Å². The summed E-state index contributed by atoms with van der Waals surface area (Å²) in [4.78, 5) is 0.292. The molecule has 0 aliphatic heterocycles. The number of hydrogen-bond acceptors (Lipinski definition) is 2. The molecule has 0 aromatic heterocycles. The van der Waals surface area contributed by atoms with Gasteiger partial charge in [0.15, 0.2) is 0 Å². The Balaban J connectivity index is 1.63. The van der Waals surface area contributed by atoms with Gasteiger partial charge in [0.25, 0.3) is 0 Å². The van der Waals surface area contributed by atoms with Crippen molar-refractivity contribution < 1.29 is 8.42 Å². The van der Waals surface area contributed by atoms with Crippen LogP contribution in [0.5, 0.6) is 0 Å². The average Bonchev–Trinajstić information content (AvgIpc) is 3.01. The zero-order valence-corrected chi connectivity index (χ0v) is 14.3. The van der Waals surface area contributed by atoms with Crippen LogP contribution in [0.25, 0.3) is 0 Å². The molecule has 0 unspecified atom stereocenters. The first-order valence-electron chi connectivity index (χ1n) is 7.87. The molecule has 122 valence electrons. The van der Waals surface area contributed by atoms with E-state index in [1.807, 2.05) is 49.4 Å². The largest absolute Gasteiger partial charge is 0.241 e. The number of rotatable bonds is 3. The topological polar surface area (TPSA) is 46.2 Å². The molecule has 1 N–H and O–H groups in total. The highest BCUT2D eigenvalue weighted by molar-refractivity contribution is 7.89. The van der Waals surface area contributed by atoms with Crippen LogP contribution in [0.2, 0.25) is 0 Å². The Bertz CT molecular complexity index is 888. The fourth-order valence-electron chi connectivity index (χ4n) is 2.58. The van der Waals surface area contributed by atoms with Crippen molar-refractivity contribution in [3.05, 3.63) is 77.9 Å². The Hall–Kier alpha value is -2.35. The van der Waals surface area contributed by atoms with Crippen LogP contribution >= 0.6 is 0 Å². The molecule has 2 aromatic carbocycles. The molecular formula is C20H19NO2S. The number of hydrogen-bond donors (Lipinski definition) is 1. The minimum absolute atomic E-state index is 0.0657. The second-order valence-corrected chi connectivity index (χ2v) is 7.62. The van der Waals surface area contributed by atoms with E-state index >= 15 is 0 Å². The van der Waals surface area contributed by atoms with Crippen molar-refractivity contribution in [1.29, 1.82) is 0 Å². The fourth-order valence-corrected chi connectivity index (χ4v) is 3.78. The third kappa shape index (κ3) is 4.14. The van der Waals surface area contributed by atoms with Gasteiger partial charge in [-0.05, 0) is 37.6 Å². The molecular weight excluding hydrogens is 318 g/mol. The molecule has 2 aromatic rings. The first kappa shape index (κ1) is 16.5. The van der Waals surface area contributed by atoms with E-state index in [-0.39, 0.29) is 12.0 Å². The number of nitrogens with one attached hydrogen (secondary N) is 1. The number of benzene rings is 2. The summed E-state index contributed by atoms with van der Waals surface area (Å²) in [6.45, 7) is 1.93. The first-order chi connectivity index (χ1) is 11.5. The zero-order valence-electron chi connectivity index (χ0n) is 13.4. The Labute approximate surface area is 143 Å². The minimum atomic E-state index is -3.50. The van der Waals surface area contributed by atoms with Crippen molar-refractivity contribution in [2.75, 3.05) is 0 Å². The maximum absolute atomic E-state index is 12.4. The van der Waals surface area contributed by atoms with Gasteiger partial charge in [0, 0.05) is 17.5 Å². The molecule has 3 rings (SSSR count). The van der Waals surface area contributed by atoms with Gasteiger partial charge >= 0.3 is 0 Å². The van der Waals surface area contributed by atoms with Crippen LogP contribution in [0, 0.1) is 24.7 Å². The van der Waals surface area contributed by atoms with E-state index in [1.165, 1.54) is 0 Å². The predicted octanol–water partition coefficient (Wildman–Crippen LogP) is 3.27. The smallest absolute Gasteiger partial charge is 0.207 e. The van der Waals surface area contributed by atoms with Gasteiger partial charge in [-0.25, -0.2) is 13.1 Å². The van der Waals surface area contributed by atoms with Crippen molar-refractivity contribution >= 4 is 10.0 Å². The highest BCUT2D eigenvalue weighted by Crippen LogP contribution is 2.20. The molecule has 2 atom stereocenters. The van der Waals surface area contributed by atoms with Crippen LogP contribution < -0.4 is 4.72 Å². The SMILES string of the molecule is Cc1ccc(S(=O)(=O)N[C@@H]2C=C[C@H](C#Cc3ccccc3)C2)cc1. The van der Waals surface area contributed by atoms with Crippen LogP contribution in [0.3, 0.4) is 0 Å². The molecule has 24 heavy (non-hydrogen) atoms. The highest BCUT2D eigenvalue weighted by atomic mass is 32.2. The van der Waals surface area contributed by atoms with Crippen LogP contribution in [0.4, 0.5) is 0 Å². The van der Waals surface area contributed by atoms with E-state index in [0.717, 1.165) is 11.1 Å². The van der Waals surface area contributed by atoms with Gasteiger partial charge in [0.1, 0.15) is 0 Å². The molecule has 3 nitrogen and oxygen atoms in total. The normalized spacial score (nSPS) is 19.7. The van der Waals surface area contributed by atoms with Crippen molar-refractivity contribution in [2.24, 2.45) is 5.92 Å². The summed E-state index contributed by atoms with van der Waals surface area (Å²) in [5.74, 6) is 6.38. The van der Waals surface area contributed by atoms with Gasteiger partial charge in [-0.2, -0.15) is 0 Å². The minimum Gasteiger partial charge on any atom is -0.207 e. The number of allylic oxidation sites excluding steroid dienone is 1. The summed E-state index contributed by atoms with van der Waals surface area (Å²) in [7, 11) is -3.50. The molecule has 0 spiro atoms. The Morgan fingerprint density at radius 2 is 1.71 bits per heavy atom. The van der Waals surface area contributed by atoms with E-state index in [9.17, 15) is 8.42 Å². The lowest BCUT2D eigenvalue weighted by atomic mass is 10.1. The monoisotopic (exact) mass is 337 g/mol. The summed E-state index contributed by atoms with van der Waals surface area (Å²) in [5, 5.41) is 0. The Morgan fingerprint density at radius 1 is 1.00 bits per heavy atom. The number of aryl methyl sites for hydroxylation is 1. The Morgan fingerprint density at radius 3 is 2.42 bits per heavy atom. The lowest BCUT2D eigenvalue weighted by Crippen LogP contribution is -2.32. The highest BCUT2D eigenvalue weighted by Gasteiger charge is 2.23. The molecule has 1 aliphatic carbocycles. The molecule has 0 fully saturated rings. The molecule has 1 aliphatic rings. The third-order valence-corrected chi connectivity index (χ3v) is 5.40. The van der Waals surface area contributed by atoms with E-state index < -0.39 is 10.0 Å². The molecule has 0 heterocycles. The molecule has 0 amide bonds. The van der Waals surface area contributed by atoms with Gasteiger partial charge in [-0.1, -0.05) is 59.9 Å². The number of sulfonamides is 1. The van der Waals surface area contributed by atoms with Gasteiger partial charge in [0.2, 0.25) is 10.0 Å². The van der Waals surface area contributed by atoms with E-state index in [0.29, 0.717) is 11.3 Å². The maximum Gasteiger partial charge on any atom is 0.241 e. The summed E-state index contributed by atoms with van der Waals surface area (Å²) in [6, 6.07) is 16.4. The average molecular weight is 337 g/mol. The summed E-state index contributed by atoms with van der Waals surface area (Å²) in [5.41, 5.74) is 2.00. The van der Waals surface area contributed by atoms with Crippen molar-refractivity contribution in [3.8, 4) is 11.8 Å². The van der Waals surface area contributed by atoms with Gasteiger partial charge < -0.3 is 0 Å². The second-order valence-electron chi connectivity index (χ2n) is 5.90. The van der Waals surface area contributed by atoms with Gasteiger partial charge in [-0.3, -0.25) is 0 Å². The Kier molecular flexibility index (Phi) is 4.84. The molecule has 0 saturated carbocycles. The molecule has 0 radical (unpaired) electrons. The quantitative estimate of drug-likeness (QED) is 0.690. The first-order valence-corrected chi connectivity index (χ1v) is 9.35. The second kappa shape index (κ2) is 7.04. The van der Waals surface area contributed by atoms with Crippen LogP contribution in [0.1, 0.15) is 17.5 Å². The standard InChI is InChI=1S/C20H19NO2S/c1-16-7-13-20(14-8-16)24(22,23)21-19-12-11-18(15-19)10-9-17-5-3-2-4-6-17/h2-8,11-14,18-19,21H,15H2,1H3/t18-,19+/m0/s1. The van der Waals surface area contributed by atoms with Crippen molar-refractivity contribution in [3.63, 3.8) is 0 Å².